The molecule has 1 saturated heterocycles. The molecule has 1 aromatic carbocycles. The lowest BCUT2D eigenvalue weighted by molar-refractivity contribution is 0.0331. The Morgan fingerprint density at radius 3 is 2.61 bits per heavy atom. The summed E-state index contributed by atoms with van der Waals surface area (Å²) in [5.74, 6) is 3.14. The Morgan fingerprint density at radius 1 is 1.06 bits per heavy atom. The Bertz CT molecular complexity index is 1160. The molecule has 1 N–H and O–H groups in total. The minimum Gasteiger partial charge on any atom is -0.444 e. The zero-order chi connectivity index (χ0) is 21.2. The second-order valence-corrected chi connectivity index (χ2v) is 8.53. The fraction of sp³-hybridized carbons (Fsp3) is 0.348. The van der Waals surface area contributed by atoms with E-state index in [1.165, 1.54) is 0 Å². The van der Waals surface area contributed by atoms with Crippen LogP contribution in [0.4, 0.5) is 5.82 Å². The molecule has 0 amide bonds. The number of benzene rings is 1. The number of fused-ring (bicyclic) bond motifs is 1. The average Bonchev–Trinajstić information content (AvgIpc) is 3.36. The number of anilines is 1. The second-order valence-electron chi connectivity index (χ2n) is 7.68. The molecule has 0 radical (unpaired) electrons. The number of aryl methyl sites for hydroxylation is 2. The molecule has 5 rings (SSSR count). The van der Waals surface area contributed by atoms with E-state index in [4.69, 9.17) is 19.1 Å². The fourth-order valence-electron chi connectivity index (χ4n) is 3.75. The van der Waals surface area contributed by atoms with Gasteiger partial charge in [-0.05, 0) is 19.4 Å². The van der Waals surface area contributed by atoms with E-state index in [1.54, 1.807) is 11.3 Å². The quantitative estimate of drug-likeness (QED) is 0.481. The summed E-state index contributed by atoms with van der Waals surface area (Å²) in [5, 5.41) is 6.68. The first kappa shape index (κ1) is 20.1. The summed E-state index contributed by atoms with van der Waals surface area (Å²) in [4.78, 5) is 17.6. The Kier molecular flexibility index (Phi) is 5.67. The van der Waals surface area contributed by atoms with Crippen molar-refractivity contribution in [1.82, 2.24) is 19.9 Å². The number of nitrogens with zero attached hydrogens (tertiary/aromatic N) is 4. The summed E-state index contributed by atoms with van der Waals surface area (Å²) >= 11 is 1.65. The summed E-state index contributed by atoms with van der Waals surface area (Å²) in [7, 11) is 0. The molecule has 0 saturated carbocycles. The summed E-state index contributed by atoms with van der Waals surface area (Å²) < 4.78 is 11.2. The molecule has 3 aromatic heterocycles. The number of oxazole rings is 1. The molecule has 0 atom stereocenters. The zero-order valence-corrected chi connectivity index (χ0v) is 18.5. The van der Waals surface area contributed by atoms with Gasteiger partial charge >= 0.3 is 0 Å². The highest BCUT2D eigenvalue weighted by molar-refractivity contribution is 7.17. The van der Waals surface area contributed by atoms with E-state index in [2.05, 4.69) is 44.8 Å². The van der Waals surface area contributed by atoms with Gasteiger partial charge in [0.05, 0.1) is 37.4 Å². The van der Waals surface area contributed by atoms with Crippen molar-refractivity contribution in [2.75, 3.05) is 31.6 Å². The van der Waals surface area contributed by atoms with E-state index in [0.717, 1.165) is 70.7 Å². The number of morpholine rings is 1. The van der Waals surface area contributed by atoms with E-state index in [9.17, 15) is 0 Å². The first-order valence-electron chi connectivity index (χ1n) is 10.5. The minimum absolute atomic E-state index is 0.474. The van der Waals surface area contributed by atoms with Crippen molar-refractivity contribution < 1.29 is 9.15 Å². The van der Waals surface area contributed by atoms with Gasteiger partial charge in [0.1, 0.15) is 22.2 Å². The number of nitrogens with one attached hydrogen (secondary N) is 1. The first-order valence-corrected chi connectivity index (χ1v) is 11.4. The van der Waals surface area contributed by atoms with Gasteiger partial charge in [0.2, 0.25) is 5.89 Å². The van der Waals surface area contributed by atoms with E-state index >= 15 is 0 Å². The lowest BCUT2D eigenvalue weighted by atomic mass is 10.1. The summed E-state index contributed by atoms with van der Waals surface area (Å²) in [6, 6.07) is 10.4. The molecule has 1 aliphatic heterocycles. The molecule has 31 heavy (non-hydrogen) atoms. The van der Waals surface area contributed by atoms with Gasteiger partial charge in [-0.25, -0.2) is 15.0 Å². The van der Waals surface area contributed by atoms with Crippen molar-refractivity contribution in [3.8, 4) is 11.1 Å². The highest BCUT2D eigenvalue weighted by Crippen LogP contribution is 2.37. The molecule has 1 fully saturated rings. The summed E-state index contributed by atoms with van der Waals surface area (Å²) in [5.41, 5.74) is 3.21. The van der Waals surface area contributed by atoms with Crippen LogP contribution in [-0.2, 0) is 17.8 Å². The fourth-order valence-corrected chi connectivity index (χ4v) is 4.71. The molecule has 0 bridgehead atoms. The average molecular weight is 436 g/mol. The molecule has 1 aliphatic rings. The van der Waals surface area contributed by atoms with Crippen molar-refractivity contribution in [1.29, 1.82) is 0 Å². The minimum atomic E-state index is 0.474. The van der Waals surface area contributed by atoms with Crippen molar-refractivity contribution in [2.45, 2.75) is 26.9 Å². The number of aromatic nitrogens is 3. The number of thiophene rings is 1. The second kappa shape index (κ2) is 8.74. The van der Waals surface area contributed by atoms with Crippen LogP contribution in [0.1, 0.15) is 23.2 Å². The highest BCUT2D eigenvalue weighted by Gasteiger charge is 2.18. The molecule has 0 aliphatic carbocycles. The Labute approximate surface area is 185 Å². The van der Waals surface area contributed by atoms with Crippen LogP contribution in [0.2, 0.25) is 0 Å². The third kappa shape index (κ3) is 4.32. The molecule has 160 valence electrons. The van der Waals surface area contributed by atoms with Crippen molar-refractivity contribution in [3.05, 3.63) is 58.9 Å². The van der Waals surface area contributed by atoms with E-state index in [0.29, 0.717) is 19.0 Å². The molecule has 8 heteroatoms. The largest absolute Gasteiger partial charge is 0.444 e. The Hall–Kier alpha value is -2.81. The lowest BCUT2D eigenvalue weighted by Crippen LogP contribution is -2.36. The maximum absolute atomic E-state index is 5.76. The molecule has 4 heterocycles. The normalized spacial score (nSPS) is 14.9. The summed E-state index contributed by atoms with van der Waals surface area (Å²) in [6.45, 7) is 8.39. The summed E-state index contributed by atoms with van der Waals surface area (Å²) in [6.07, 6.45) is 0. The van der Waals surface area contributed by atoms with E-state index in [1.807, 2.05) is 19.9 Å². The van der Waals surface area contributed by atoms with Gasteiger partial charge in [0, 0.05) is 24.0 Å². The van der Waals surface area contributed by atoms with Crippen LogP contribution >= 0.6 is 11.3 Å². The maximum Gasteiger partial charge on any atom is 0.213 e. The number of rotatable bonds is 6. The smallest absolute Gasteiger partial charge is 0.213 e. The maximum atomic E-state index is 5.76. The van der Waals surface area contributed by atoms with Crippen LogP contribution in [0, 0.1) is 13.8 Å². The third-order valence-electron chi connectivity index (χ3n) is 5.51. The standard InChI is InChI=1S/C23H25N5O2S/c1-15-16(2)30-20(25-15)12-24-22-21-18(17-6-4-3-5-7-17)14-31-23(21)27-19(26-22)13-28-8-10-29-11-9-28/h3-7,14H,8-13H2,1-2H3,(H,24,26,27). The van der Waals surface area contributed by atoms with Gasteiger partial charge in [-0.2, -0.15) is 0 Å². The van der Waals surface area contributed by atoms with Crippen molar-refractivity contribution in [3.63, 3.8) is 0 Å². The SMILES string of the molecule is Cc1nc(CNc2nc(CN3CCOCC3)nc3scc(-c4ccccc4)c23)oc1C. The van der Waals surface area contributed by atoms with Crippen LogP contribution in [-0.4, -0.2) is 46.2 Å². The molecular formula is C23H25N5O2S. The molecule has 7 nitrogen and oxygen atoms in total. The van der Waals surface area contributed by atoms with Crippen molar-refractivity contribution in [2.24, 2.45) is 0 Å². The van der Waals surface area contributed by atoms with Gasteiger partial charge in [-0.3, -0.25) is 4.90 Å². The van der Waals surface area contributed by atoms with E-state index in [-0.39, 0.29) is 0 Å². The van der Waals surface area contributed by atoms with Crippen LogP contribution in [0.3, 0.4) is 0 Å². The molecule has 4 aromatic rings. The van der Waals surface area contributed by atoms with Gasteiger partial charge < -0.3 is 14.5 Å². The topological polar surface area (TPSA) is 76.3 Å². The van der Waals surface area contributed by atoms with Gasteiger partial charge in [0.15, 0.2) is 0 Å². The predicted octanol–water partition coefficient (Wildman–Crippen LogP) is 4.41. The number of ether oxygens (including phenoxy) is 1. The van der Waals surface area contributed by atoms with Crippen LogP contribution in [0.25, 0.3) is 21.3 Å². The van der Waals surface area contributed by atoms with Crippen LogP contribution < -0.4 is 5.32 Å². The first-order chi connectivity index (χ1) is 15.2. The van der Waals surface area contributed by atoms with Crippen molar-refractivity contribution >= 4 is 27.4 Å². The van der Waals surface area contributed by atoms with Gasteiger partial charge in [-0.15, -0.1) is 11.3 Å². The molecule has 0 spiro atoms. The highest BCUT2D eigenvalue weighted by atomic mass is 32.1. The monoisotopic (exact) mass is 435 g/mol. The van der Waals surface area contributed by atoms with Gasteiger partial charge in [0.25, 0.3) is 0 Å². The molecule has 0 unspecified atom stereocenters. The van der Waals surface area contributed by atoms with Crippen LogP contribution in [0.15, 0.2) is 40.1 Å². The predicted molar refractivity (Wildman–Crippen MR) is 122 cm³/mol. The van der Waals surface area contributed by atoms with Gasteiger partial charge in [-0.1, -0.05) is 30.3 Å². The zero-order valence-electron chi connectivity index (χ0n) is 17.7. The van der Waals surface area contributed by atoms with E-state index < -0.39 is 0 Å². The van der Waals surface area contributed by atoms with Crippen LogP contribution in [0.5, 0.6) is 0 Å². The Morgan fingerprint density at radius 2 is 1.87 bits per heavy atom. The number of hydrogen-bond acceptors (Lipinski definition) is 8. The number of hydrogen-bond donors (Lipinski definition) is 1. The lowest BCUT2D eigenvalue weighted by Gasteiger charge is -2.25. The Balaban J connectivity index is 1.51. The molecular weight excluding hydrogens is 410 g/mol. The third-order valence-corrected chi connectivity index (χ3v) is 6.39.